The van der Waals surface area contributed by atoms with Gasteiger partial charge >= 0.3 is 11.5 Å². The molecule has 0 spiro atoms. The highest BCUT2D eigenvalue weighted by Gasteiger charge is 2.32. The molecule has 0 aliphatic carbocycles. The average Bonchev–Trinajstić information content (AvgIpc) is 2.62. The third-order valence-corrected chi connectivity index (χ3v) is 2.91. The van der Waals surface area contributed by atoms with Crippen LogP contribution < -0.4 is 0 Å². The van der Waals surface area contributed by atoms with Gasteiger partial charge in [0.1, 0.15) is 5.60 Å². The normalized spacial score (nSPS) is 20.3. The number of rotatable bonds is 1. The van der Waals surface area contributed by atoms with Crippen LogP contribution in [0.2, 0.25) is 0 Å². The van der Waals surface area contributed by atoms with Crippen molar-refractivity contribution in [3.05, 3.63) is 0 Å². The zero-order chi connectivity index (χ0) is 13.2. The molecule has 2 amide bonds. The zero-order valence-corrected chi connectivity index (χ0v) is 11.5. The minimum Gasteiger partial charge on any atom is -0.444 e. The number of likely N-dealkylation sites (tertiary alicyclic amines) is 1. The lowest BCUT2D eigenvalue weighted by molar-refractivity contribution is 0.0285. The molecule has 1 aliphatic heterocycles. The zero-order valence-electron chi connectivity index (χ0n) is 10.7. The van der Waals surface area contributed by atoms with Crippen molar-refractivity contribution in [3.63, 3.8) is 0 Å². The maximum absolute atomic E-state index is 11.8. The Morgan fingerprint density at radius 2 is 2.00 bits per heavy atom. The Hall–Kier alpha value is -0.970. The number of hydrogen-bond acceptors (Lipinski definition) is 3. The van der Waals surface area contributed by atoms with E-state index < -0.39 is 11.0 Å². The predicted molar refractivity (Wildman–Crippen MR) is 65.2 cm³/mol. The van der Waals surface area contributed by atoms with Crippen LogP contribution in [0.25, 0.3) is 0 Å². The summed E-state index contributed by atoms with van der Waals surface area (Å²) in [5.41, 5.74) is -0.497. The number of amides is 2. The van der Waals surface area contributed by atoms with Gasteiger partial charge in [-0.05, 0) is 38.8 Å². The van der Waals surface area contributed by atoms with E-state index in [0.717, 1.165) is 6.42 Å². The Morgan fingerprint density at radius 1 is 1.41 bits per heavy atom. The van der Waals surface area contributed by atoms with Crippen molar-refractivity contribution < 1.29 is 14.3 Å². The van der Waals surface area contributed by atoms with Gasteiger partial charge in [-0.25, -0.2) is 4.79 Å². The van der Waals surface area contributed by atoms with Gasteiger partial charge in [0.05, 0.1) is 6.04 Å². The summed E-state index contributed by atoms with van der Waals surface area (Å²) in [6, 6.07) is -0.0208. The SMILES string of the molecule is CN(C(=O)Cl)[C@@H]1CCN(C(=O)OC(C)(C)C)C1. The summed E-state index contributed by atoms with van der Waals surface area (Å²) in [6.07, 6.45) is 0.393. The molecule has 0 saturated carbocycles. The lowest BCUT2D eigenvalue weighted by Gasteiger charge is -2.25. The van der Waals surface area contributed by atoms with Gasteiger partial charge in [-0.15, -0.1) is 0 Å². The smallest absolute Gasteiger partial charge is 0.410 e. The first-order valence-corrected chi connectivity index (χ1v) is 5.99. The summed E-state index contributed by atoms with van der Waals surface area (Å²) in [4.78, 5) is 25.8. The molecule has 6 heteroatoms. The highest BCUT2D eigenvalue weighted by Crippen LogP contribution is 2.18. The third-order valence-electron chi connectivity index (χ3n) is 2.64. The molecule has 0 bridgehead atoms. The number of hydrogen-bond donors (Lipinski definition) is 0. The van der Waals surface area contributed by atoms with E-state index in [1.54, 1.807) is 11.9 Å². The van der Waals surface area contributed by atoms with Gasteiger partial charge in [0, 0.05) is 20.1 Å². The second kappa shape index (κ2) is 5.12. The van der Waals surface area contributed by atoms with Crippen LogP contribution in [0.4, 0.5) is 9.59 Å². The molecule has 1 heterocycles. The molecule has 1 fully saturated rings. The lowest BCUT2D eigenvalue weighted by Crippen LogP contribution is -2.39. The summed E-state index contributed by atoms with van der Waals surface area (Å²) in [7, 11) is 1.64. The first kappa shape index (κ1) is 14.1. The van der Waals surface area contributed by atoms with Crippen LogP contribution in [0.1, 0.15) is 27.2 Å². The van der Waals surface area contributed by atoms with Gasteiger partial charge in [-0.2, -0.15) is 0 Å². The van der Waals surface area contributed by atoms with Crippen LogP contribution in [-0.2, 0) is 4.74 Å². The first-order chi connectivity index (χ1) is 7.70. The average molecular weight is 263 g/mol. The van der Waals surface area contributed by atoms with Gasteiger partial charge in [0.25, 0.3) is 0 Å². The van der Waals surface area contributed by atoms with Crippen LogP contribution in [-0.4, -0.2) is 53.0 Å². The number of carbonyl (C=O) groups is 2. The largest absolute Gasteiger partial charge is 0.444 e. The van der Waals surface area contributed by atoms with E-state index in [1.807, 2.05) is 20.8 Å². The molecule has 1 aliphatic rings. The molecule has 5 nitrogen and oxygen atoms in total. The van der Waals surface area contributed by atoms with Crippen molar-refractivity contribution in [2.45, 2.75) is 38.8 Å². The Bertz CT molecular complexity index is 314. The topological polar surface area (TPSA) is 49.9 Å². The maximum Gasteiger partial charge on any atom is 0.410 e. The molecule has 98 valence electrons. The Labute approximate surface area is 107 Å². The summed E-state index contributed by atoms with van der Waals surface area (Å²) < 4.78 is 5.26. The predicted octanol–water partition coefficient (Wildman–Crippen LogP) is 2.29. The lowest BCUT2D eigenvalue weighted by atomic mass is 10.2. The Kier molecular flexibility index (Phi) is 4.25. The number of nitrogens with zero attached hydrogens (tertiary/aromatic N) is 2. The minimum absolute atomic E-state index is 0.0208. The molecule has 1 atom stereocenters. The fourth-order valence-electron chi connectivity index (χ4n) is 1.69. The molecule has 17 heavy (non-hydrogen) atoms. The van der Waals surface area contributed by atoms with Gasteiger partial charge in [0.2, 0.25) is 0 Å². The number of likely N-dealkylation sites (N-methyl/N-ethyl adjacent to an activating group) is 1. The molecular formula is C11H19ClN2O3. The van der Waals surface area contributed by atoms with Crippen LogP contribution >= 0.6 is 11.6 Å². The van der Waals surface area contributed by atoms with Crippen molar-refractivity contribution in [1.29, 1.82) is 0 Å². The highest BCUT2D eigenvalue weighted by atomic mass is 35.5. The van der Waals surface area contributed by atoms with Gasteiger partial charge in [-0.1, -0.05) is 0 Å². The standard InChI is InChI=1S/C11H19ClN2O3/c1-11(2,3)17-10(16)14-6-5-8(7-14)13(4)9(12)15/h8H,5-7H2,1-4H3/t8-/m1/s1. The summed E-state index contributed by atoms with van der Waals surface area (Å²) in [5.74, 6) is 0. The molecule has 0 aromatic rings. The molecule has 0 aromatic carbocycles. The van der Waals surface area contributed by atoms with Crippen LogP contribution in [0, 0.1) is 0 Å². The molecule has 0 aromatic heterocycles. The van der Waals surface area contributed by atoms with Crippen LogP contribution in [0.15, 0.2) is 0 Å². The monoisotopic (exact) mass is 262 g/mol. The van der Waals surface area contributed by atoms with Crippen LogP contribution in [0.5, 0.6) is 0 Å². The summed E-state index contributed by atoms with van der Waals surface area (Å²) in [6.45, 7) is 6.55. The Balaban J connectivity index is 2.50. The minimum atomic E-state index is -0.499. The second-order valence-electron chi connectivity index (χ2n) is 5.23. The highest BCUT2D eigenvalue weighted by molar-refractivity contribution is 6.62. The van der Waals surface area contributed by atoms with Crippen molar-refractivity contribution in [2.24, 2.45) is 0 Å². The third kappa shape index (κ3) is 4.07. The van der Waals surface area contributed by atoms with E-state index in [-0.39, 0.29) is 12.1 Å². The van der Waals surface area contributed by atoms with E-state index in [9.17, 15) is 9.59 Å². The summed E-state index contributed by atoms with van der Waals surface area (Å²) in [5, 5.41) is -0.499. The van der Waals surface area contributed by atoms with Crippen molar-refractivity contribution in [3.8, 4) is 0 Å². The maximum atomic E-state index is 11.8. The fourth-order valence-corrected chi connectivity index (χ4v) is 1.83. The molecular weight excluding hydrogens is 244 g/mol. The first-order valence-electron chi connectivity index (χ1n) is 5.61. The number of ether oxygens (including phenoxy) is 1. The molecule has 1 saturated heterocycles. The van der Waals surface area contributed by atoms with Gasteiger partial charge in [0.15, 0.2) is 0 Å². The van der Waals surface area contributed by atoms with Crippen molar-refractivity contribution >= 4 is 23.1 Å². The Morgan fingerprint density at radius 3 is 2.47 bits per heavy atom. The summed E-state index contributed by atoms with van der Waals surface area (Å²) >= 11 is 5.39. The number of carbonyl (C=O) groups excluding carboxylic acids is 2. The number of halogens is 1. The van der Waals surface area contributed by atoms with Crippen molar-refractivity contribution in [2.75, 3.05) is 20.1 Å². The van der Waals surface area contributed by atoms with E-state index in [0.29, 0.717) is 13.1 Å². The molecule has 0 radical (unpaired) electrons. The van der Waals surface area contributed by atoms with Gasteiger partial charge < -0.3 is 14.5 Å². The van der Waals surface area contributed by atoms with E-state index >= 15 is 0 Å². The van der Waals surface area contributed by atoms with Crippen LogP contribution in [0.3, 0.4) is 0 Å². The van der Waals surface area contributed by atoms with E-state index in [2.05, 4.69) is 0 Å². The van der Waals surface area contributed by atoms with E-state index in [1.165, 1.54) is 4.90 Å². The quantitative estimate of drug-likeness (QED) is 0.538. The van der Waals surface area contributed by atoms with E-state index in [4.69, 9.17) is 16.3 Å². The second-order valence-corrected chi connectivity index (χ2v) is 5.56. The van der Waals surface area contributed by atoms with Crippen molar-refractivity contribution in [1.82, 2.24) is 9.80 Å². The molecule has 1 rings (SSSR count). The van der Waals surface area contributed by atoms with Gasteiger partial charge in [-0.3, -0.25) is 4.79 Å². The molecule has 0 unspecified atom stereocenters. The molecule has 0 N–H and O–H groups in total. The fraction of sp³-hybridized carbons (Fsp3) is 0.818.